The maximum atomic E-state index is 10.8. The van der Waals surface area contributed by atoms with Crippen molar-refractivity contribution in [3.8, 4) is 11.5 Å². The molecule has 0 aliphatic carbocycles. The van der Waals surface area contributed by atoms with Gasteiger partial charge in [-0.3, -0.25) is 0 Å². The van der Waals surface area contributed by atoms with E-state index in [1.54, 1.807) is 6.08 Å². The topological polar surface area (TPSA) is 69.6 Å². The third kappa shape index (κ3) is 3.52. The largest absolute Gasteiger partial charge is 0.486 e. The lowest BCUT2D eigenvalue weighted by atomic mass is 10.1. The monoisotopic (exact) mass is 394 g/mol. The molecule has 1 fully saturated rings. The van der Waals surface area contributed by atoms with Gasteiger partial charge in [-0.15, -0.1) is 0 Å². The smallest absolute Gasteiger partial charge is 0.162 e. The van der Waals surface area contributed by atoms with Crippen molar-refractivity contribution >= 4 is 11.5 Å². The van der Waals surface area contributed by atoms with Crippen LogP contribution in [-0.4, -0.2) is 65.4 Å². The van der Waals surface area contributed by atoms with Crippen molar-refractivity contribution in [2.24, 2.45) is 4.99 Å². The zero-order valence-corrected chi connectivity index (χ0v) is 16.7. The van der Waals surface area contributed by atoms with Gasteiger partial charge in [-0.2, -0.15) is 0 Å². The molecule has 29 heavy (non-hydrogen) atoms. The standard InChI is InChI=1S/C22H26N4O3/c1-14-11-25(12-15(2)23-14)17-4-6-21-24-18(10-22(27)26(21)13-17)16-3-5-19-20(9-16)29-8-7-28-19/h3-6,9-10,13-15,22-23,27H,7-8,11-12H2,1-2H3/t14-,15+,22?. The molecule has 0 saturated carbocycles. The predicted octanol–water partition coefficient (Wildman–Crippen LogP) is 1.92. The van der Waals surface area contributed by atoms with Gasteiger partial charge in [-0.25, -0.2) is 4.99 Å². The average molecular weight is 394 g/mol. The molecule has 0 spiro atoms. The molecule has 7 heteroatoms. The quantitative estimate of drug-likeness (QED) is 0.799. The Labute approximate surface area is 170 Å². The first-order valence-electron chi connectivity index (χ1n) is 10.1. The van der Waals surface area contributed by atoms with Gasteiger partial charge in [-0.05, 0) is 50.3 Å². The molecule has 7 nitrogen and oxygen atoms in total. The fourth-order valence-electron chi connectivity index (χ4n) is 4.27. The van der Waals surface area contributed by atoms with Crippen LogP contribution in [0.4, 0.5) is 0 Å². The van der Waals surface area contributed by atoms with E-state index in [1.165, 1.54) is 0 Å². The molecule has 1 saturated heterocycles. The van der Waals surface area contributed by atoms with Gasteiger partial charge in [0.2, 0.25) is 0 Å². The zero-order valence-electron chi connectivity index (χ0n) is 16.7. The summed E-state index contributed by atoms with van der Waals surface area (Å²) in [7, 11) is 0. The van der Waals surface area contributed by atoms with E-state index < -0.39 is 6.23 Å². The first-order chi connectivity index (χ1) is 14.1. The minimum atomic E-state index is -0.775. The van der Waals surface area contributed by atoms with Crippen LogP contribution in [-0.2, 0) is 0 Å². The number of nitrogens with one attached hydrogen (secondary N) is 1. The van der Waals surface area contributed by atoms with Crippen LogP contribution in [0, 0.1) is 0 Å². The molecule has 1 aromatic rings. The van der Waals surface area contributed by atoms with Gasteiger partial charge in [0.15, 0.2) is 17.7 Å². The first-order valence-corrected chi connectivity index (χ1v) is 10.1. The van der Waals surface area contributed by atoms with Gasteiger partial charge in [0.25, 0.3) is 0 Å². The number of piperazine rings is 1. The van der Waals surface area contributed by atoms with Crippen molar-refractivity contribution in [2.75, 3.05) is 26.3 Å². The Hall–Kier alpha value is -2.77. The summed E-state index contributed by atoms with van der Waals surface area (Å²) in [5, 5.41) is 14.3. The van der Waals surface area contributed by atoms with Crippen LogP contribution in [0.1, 0.15) is 19.4 Å². The molecule has 4 aliphatic heterocycles. The lowest BCUT2D eigenvalue weighted by Gasteiger charge is -2.40. The number of aliphatic imine (C=N–C) groups is 1. The summed E-state index contributed by atoms with van der Waals surface area (Å²) in [5.41, 5.74) is 2.72. The van der Waals surface area contributed by atoms with E-state index in [0.29, 0.717) is 25.3 Å². The van der Waals surface area contributed by atoms with Gasteiger partial charge in [0.05, 0.1) is 11.4 Å². The van der Waals surface area contributed by atoms with Crippen molar-refractivity contribution in [3.63, 3.8) is 0 Å². The van der Waals surface area contributed by atoms with Crippen LogP contribution in [0.3, 0.4) is 0 Å². The number of benzene rings is 1. The lowest BCUT2D eigenvalue weighted by molar-refractivity contribution is 0.123. The SMILES string of the molecule is C[C@@H]1CN(C2=CN3C(=NC(c4ccc5c(c4)OCCO5)=CC3O)C=C2)C[C@H](C)N1. The normalized spacial score (nSPS) is 28.4. The summed E-state index contributed by atoms with van der Waals surface area (Å²) in [6, 6.07) is 6.62. The summed E-state index contributed by atoms with van der Waals surface area (Å²) in [5.74, 6) is 2.19. The molecule has 5 rings (SSSR count). The Morgan fingerprint density at radius 2 is 1.83 bits per heavy atom. The number of hydrogen-bond acceptors (Lipinski definition) is 7. The van der Waals surface area contributed by atoms with Crippen LogP contribution < -0.4 is 14.8 Å². The number of ether oxygens (including phenoxy) is 2. The third-order valence-corrected chi connectivity index (χ3v) is 5.53. The predicted molar refractivity (Wildman–Crippen MR) is 112 cm³/mol. The minimum Gasteiger partial charge on any atom is -0.486 e. The van der Waals surface area contributed by atoms with Crippen molar-refractivity contribution in [1.82, 2.24) is 15.1 Å². The Morgan fingerprint density at radius 1 is 1.07 bits per heavy atom. The van der Waals surface area contributed by atoms with Crippen molar-refractivity contribution in [1.29, 1.82) is 0 Å². The highest BCUT2D eigenvalue weighted by Crippen LogP contribution is 2.35. The molecule has 4 aliphatic rings. The van der Waals surface area contributed by atoms with E-state index in [2.05, 4.69) is 30.1 Å². The molecule has 1 aromatic carbocycles. The fourth-order valence-corrected chi connectivity index (χ4v) is 4.27. The van der Waals surface area contributed by atoms with Crippen LogP contribution >= 0.6 is 0 Å². The molecular formula is C22H26N4O3. The second-order valence-electron chi connectivity index (χ2n) is 7.96. The number of nitrogens with zero attached hydrogens (tertiary/aromatic N) is 3. The zero-order chi connectivity index (χ0) is 20.0. The summed E-state index contributed by atoms with van der Waals surface area (Å²) in [6.45, 7) is 7.38. The Bertz CT molecular complexity index is 926. The van der Waals surface area contributed by atoms with E-state index in [1.807, 2.05) is 35.4 Å². The van der Waals surface area contributed by atoms with E-state index in [0.717, 1.165) is 47.4 Å². The second-order valence-corrected chi connectivity index (χ2v) is 7.96. The molecule has 152 valence electrons. The van der Waals surface area contributed by atoms with Gasteiger partial charge in [-0.1, -0.05) is 0 Å². The van der Waals surface area contributed by atoms with Gasteiger partial charge < -0.3 is 29.7 Å². The first kappa shape index (κ1) is 18.3. The minimum absolute atomic E-state index is 0.427. The molecule has 0 bridgehead atoms. The van der Waals surface area contributed by atoms with Crippen molar-refractivity contribution in [3.05, 3.63) is 53.9 Å². The van der Waals surface area contributed by atoms with Crippen LogP contribution in [0.2, 0.25) is 0 Å². The number of rotatable bonds is 2. The number of hydrogen-bond donors (Lipinski definition) is 2. The maximum Gasteiger partial charge on any atom is 0.162 e. The molecule has 0 aromatic heterocycles. The Kier molecular flexibility index (Phi) is 4.56. The Morgan fingerprint density at radius 3 is 2.62 bits per heavy atom. The molecule has 2 N–H and O–H groups in total. The molecule has 0 amide bonds. The number of aliphatic hydroxyl groups excluding tert-OH is 1. The highest BCUT2D eigenvalue weighted by atomic mass is 16.6. The van der Waals surface area contributed by atoms with E-state index >= 15 is 0 Å². The number of fused-ring (bicyclic) bond motifs is 2. The van der Waals surface area contributed by atoms with Gasteiger partial charge >= 0.3 is 0 Å². The summed E-state index contributed by atoms with van der Waals surface area (Å²) >= 11 is 0. The van der Waals surface area contributed by atoms with Crippen molar-refractivity contribution in [2.45, 2.75) is 32.2 Å². The maximum absolute atomic E-state index is 10.8. The highest BCUT2D eigenvalue weighted by Gasteiger charge is 2.28. The molecule has 0 radical (unpaired) electrons. The van der Waals surface area contributed by atoms with Crippen LogP contribution in [0.15, 0.2) is 53.3 Å². The molecular weight excluding hydrogens is 368 g/mol. The number of aliphatic hydroxyl groups is 1. The second kappa shape index (κ2) is 7.24. The van der Waals surface area contributed by atoms with E-state index in [-0.39, 0.29) is 0 Å². The van der Waals surface area contributed by atoms with Crippen molar-refractivity contribution < 1.29 is 14.6 Å². The molecule has 1 unspecified atom stereocenters. The van der Waals surface area contributed by atoms with Gasteiger partial charge in [0.1, 0.15) is 19.0 Å². The van der Waals surface area contributed by atoms with Gasteiger partial charge in [0, 0.05) is 36.9 Å². The Balaban J connectivity index is 1.39. The lowest BCUT2D eigenvalue weighted by Crippen LogP contribution is -2.54. The molecule has 3 atom stereocenters. The fraction of sp³-hybridized carbons (Fsp3) is 0.409. The highest BCUT2D eigenvalue weighted by molar-refractivity contribution is 6.00. The van der Waals surface area contributed by atoms with Crippen LogP contribution in [0.5, 0.6) is 11.5 Å². The summed E-state index contributed by atoms with van der Waals surface area (Å²) < 4.78 is 11.3. The number of amidine groups is 1. The summed E-state index contributed by atoms with van der Waals surface area (Å²) in [4.78, 5) is 8.93. The number of allylic oxidation sites excluding steroid dienone is 1. The van der Waals surface area contributed by atoms with E-state index in [9.17, 15) is 5.11 Å². The summed E-state index contributed by atoms with van der Waals surface area (Å²) in [6.07, 6.45) is 7.04. The van der Waals surface area contributed by atoms with E-state index in [4.69, 9.17) is 14.5 Å². The molecule has 4 heterocycles. The average Bonchev–Trinajstić information content (AvgIpc) is 2.72. The van der Waals surface area contributed by atoms with Crippen LogP contribution in [0.25, 0.3) is 5.70 Å². The third-order valence-electron chi connectivity index (χ3n) is 5.53.